The number of aromatic nitrogens is 2. The predicted octanol–water partition coefficient (Wildman–Crippen LogP) is 2.78. The fourth-order valence-corrected chi connectivity index (χ4v) is 5.94. The number of benzene rings is 1. The third kappa shape index (κ3) is 5.63. The van der Waals surface area contributed by atoms with Gasteiger partial charge in [-0.1, -0.05) is 18.6 Å². The molecule has 1 atom stereocenters. The quantitative estimate of drug-likeness (QED) is 0.339. The lowest BCUT2D eigenvalue weighted by atomic mass is 10.0. The highest BCUT2D eigenvalue weighted by molar-refractivity contribution is 14.0. The molecule has 3 heterocycles. The van der Waals surface area contributed by atoms with Gasteiger partial charge >= 0.3 is 0 Å². The maximum Gasteiger partial charge on any atom is 0.243 e. The van der Waals surface area contributed by atoms with Gasteiger partial charge in [0, 0.05) is 58.9 Å². The smallest absolute Gasteiger partial charge is 0.243 e. The molecule has 2 aliphatic heterocycles. The van der Waals surface area contributed by atoms with Crippen LogP contribution in [0.25, 0.3) is 0 Å². The minimum atomic E-state index is -3.38. The largest absolute Gasteiger partial charge is 0.352 e. The van der Waals surface area contributed by atoms with Crippen LogP contribution in [-0.2, 0) is 23.6 Å². The van der Waals surface area contributed by atoms with E-state index in [0.29, 0.717) is 30.4 Å². The van der Waals surface area contributed by atoms with Gasteiger partial charge < -0.3 is 10.2 Å². The van der Waals surface area contributed by atoms with E-state index in [2.05, 4.69) is 26.5 Å². The standard InChI is InChI=1S/C22H32N6O2S.HI/c1-23-22(27-13-10-19(17-27)20-15-25-26(2)16-20)24-14-18-6-8-21(9-7-18)31(29,30)28-11-4-3-5-12-28;/h6-9,15-16,19H,3-5,10-14,17H2,1-2H3,(H,23,24);1H. The van der Waals surface area contributed by atoms with Gasteiger partial charge in [-0.15, -0.1) is 24.0 Å². The summed E-state index contributed by atoms with van der Waals surface area (Å²) in [6.45, 7) is 3.71. The monoisotopic (exact) mass is 572 g/mol. The fourth-order valence-electron chi connectivity index (χ4n) is 4.42. The maximum absolute atomic E-state index is 12.8. The minimum Gasteiger partial charge on any atom is -0.352 e. The van der Waals surface area contributed by atoms with E-state index in [1.54, 1.807) is 23.5 Å². The molecule has 10 heteroatoms. The van der Waals surface area contributed by atoms with Gasteiger partial charge in [-0.05, 0) is 42.5 Å². The van der Waals surface area contributed by atoms with Crippen LogP contribution in [0.1, 0.15) is 42.7 Å². The van der Waals surface area contributed by atoms with E-state index in [-0.39, 0.29) is 24.0 Å². The first-order chi connectivity index (χ1) is 15.0. The Morgan fingerprint density at radius 3 is 2.50 bits per heavy atom. The molecule has 0 radical (unpaired) electrons. The van der Waals surface area contributed by atoms with E-state index in [0.717, 1.165) is 50.3 Å². The van der Waals surface area contributed by atoms with Crippen molar-refractivity contribution < 1.29 is 8.42 Å². The lowest BCUT2D eigenvalue weighted by molar-refractivity contribution is 0.346. The normalized spacial score (nSPS) is 20.2. The number of aryl methyl sites for hydroxylation is 1. The number of piperidine rings is 1. The summed E-state index contributed by atoms with van der Waals surface area (Å²) in [5, 5.41) is 7.71. The van der Waals surface area contributed by atoms with Crippen molar-refractivity contribution in [1.82, 2.24) is 24.3 Å². The van der Waals surface area contributed by atoms with Gasteiger partial charge in [0.1, 0.15) is 0 Å². The number of hydrogen-bond acceptors (Lipinski definition) is 4. The Kier molecular flexibility index (Phi) is 8.56. The van der Waals surface area contributed by atoms with E-state index >= 15 is 0 Å². The zero-order valence-corrected chi connectivity index (χ0v) is 21.9. The molecule has 1 unspecified atom stereocenters. The van der Waals surface area contributed by atoms with Crippen molar-refractivity contribution in [3.05, 3.63) is 47.8 Å². The first kappa shape index (κ1) is 25.0. The van der Waals surface area contributed by atoms with Crippen LogP contribution < -0.4 is 5.32 Å². The van der Waals surface area contributed by atoms with E-state index in [1.807, 2.05) is 30.1 Å². The van der Waals surface area contributed by atoms with Crippen molar-refractivity contribution in [2.24, 2.45) is 12.0 Å². The number of aliphatic imine (C=N–C) groups is 1. The third-order valence-electron chi connectivity index (χ3n) is 6.22. The second-order valence-corrected chi connectivity index (χ2v) is 10.3. The number of hydrogen-bond donors (Lipinski definition) is 1. The molecule has 1 N–H and O–H groups in total. The van der Waals surface area contributed by atoms with Crippen LogP contribution in [-0.4, -0.2) is 66.6 Å². The van der Waals surface area contributed by atoms with E-state index in [9.17, 15) is 8.42 Å². The Labute approximate surface area is 208 Å². The molecule has 8 nitrogen and oxygen atoms in total. The molecule has 176 valence electrons. The summed E-state index contributed by atoms with van der Waals surface area (Å²) in [7, 11) is 0.359. The number of nitrogens with zero attached hydrogens (tertiary/aromatic N) is 5. The van der Waals surface area contributed by atoms with Crippen LogP contribution in [0.5, 0.6) is 0 Å². The zero-order chi connectivity index (χ0) is 21.8. The van der Waals surface area contributed by atoms with Crippen molar-refractivity contribution in [1.29, 1.82) is 0 Å². The Hall–Kier alpha value is -1.66. The van der Waals surface area contributed by atoms with Crippen LogP contribution in [0.4, 0.5) is 0 Å². The van der Waals surface area contributed by atoms with Crippen LogP contribution >= 0.6 is 24.0 Å². The van der Waals surface area contributed by atoms with Gasteiger partial charge in [-0.25, -0.2) is 8.42 Å². The fraction of sp³-hybridized carbons (Fsp3) is 0.545. The molecule has 0 amide bonds. The number of halogens is 1. The lowest BCUT2D eigenvalue weighted by Crippen LogP contribution is -2.39. The number of nitrogens with one attached hydrogen (secondary N) is 1. The average Bonchev–Trinajstić information content (AvgIpc) is 3.44. The molecule has 0 spiro atoms. The number of likely N-dealkylation sites (tertiary alicyclic amines) is 1. The van der Waals surface area contributed by atoms with Crippen molar-refractivity contribution >= 4 is 40.0 Å². The average molecular weight is 573 g/mol. The summed E-state index contributed by atoms with van der Waals surface area (Å²) in [5.74, 6) is 1.34. The van der Waals surface area contributed by atoms with Crippen LogP contribution in [0.2, 0.25) is 0 Å². The summed E-state index contributed by atoms with van der Waals surface area (Å²) in [4.78, 5) is 7.09. The minimum absolute atomic E-state index is 0. The molecular weight excluding hydrogens is 539 g/mol. The lowest BCUT2D eigenvalue weighted by Gasteiger charge is -2.26. The highest BCUT2D eigenvalue weighted by atomic mass is 127. The molecule has 0 saturated carbocycles. The maximum atomic E-state index is 12.8. The predicted molar refractivity (Wildman–Crippen MR) is 137 cm³/mol. The summed E-state index contributed by atoms with van der Waals surface area (Å²) in [6.07, 6.45) is 8.11. The van der Waals surface area contributed by atoms with Gasteiger partial charge in [0.15, 0.2) is 5.96 Å². The molecule has 4 rings (SSSR count). The first-order valence-electron chi connectivity index (χ1n) is 11.0. The number of rotatable bonds is 5. The molecule has 32 heavy (non-hydrogen) atoms. The van der Waals surface area contributed by atoms with Crippen molar-refractivity contribution in [2.45, 2.75) is 43.0 Å². The van der Waals surface area contributed by atoms with Gasteiger partial charge in [-0.2, -0.15) is 9.40 Å². The zero-order valence-electron chi connectivity index (χ0n) is 18.8. The molecule has 2 saturated heterocycles. The SMILES string of the molecule is CN=C(NCc1ccc(S(=O)(=O)N2CCCCC2)cc1)N1CCC(c2cnn(C)c2)C1.I. The van der Waals surface area contributed by atoms with E-state index in [4.69, 9.17) is 0 Å². The van der Waals surface area contributed by atoms with Crippen LogP contribution in [0.15, 0.2) is 46.5 Å². The highest BCUT2D eigenvalue weighted by Crippen LogP contribution is 2.27. The Bertz CT molecular complexity index is 1020. The second-order valence-electron chi connectivity index (χ2n) is 8.39. The van der Waals surface area contributed by atoms with Gasteiger partial charge in [-0.3, -0.25) is 9.67 Å². The Morgan fingerprint density at radius 2 is 1.88 bits per heavy atom. The van der Waals surface area contributed by atoms with Gasteiger partial charge in [0.05, 0.1) is 11.1 Å². The number of sulfonamides is 1. The van der Waals surface area contributed by atoms with Crippen molar-refractivity contribution in [2.75, 3.05) is 33.2 Å². The first-order valence-corrected chi connectivity index (χ1v) is 12.4. The van der Waals surface area contributed by atoms with Crippen LogP contribution in [0.3, 0.4) is 0 Å². The third-order valence-corrected chi connectivity index (χ3v) is 8.14. The molecule has 1 aromatic heterocycles. The molecule has 2 aromatic rings. The van der Waals surface area contributed by atoms with E-state index in [1.165, 1.54) is 5.56 Å². The van der Waals surface area contributed by atoms with Crippen molar-refractivity contribution in [3.63, 3.8) is 0 Å². The van der Waals surface area contributed by atoms with E-state index < -0.39 is 10.0 Å². The second kappa shape index (κ2) is 11.0. The molecule has 0 bridgehead atoms. The summed E-state index contributed by atoms with van der Waals surface area (Å²) < 4.78 is 29.1. The summed E-state index contributed by atoms with van der Waals surface area (Å²) >= 11 is 0. The Morgan fingerprint density at radius 1 is 1.16 bits per heavy atom. The van der Waals surface area contributed by atoms with Gasteiger partial charge in [0.25, 0.3) is 0 Å². The Balaban J connectivity index is 0.00000289. The highest BCUT2D eigenvalue weighted by Gasteiger charge is 2.27. The molecule has 1 aromatic carbocycles. The van der Waals surface area contributed by atoms with Crippen molar-refractivity contribution in [3.8, 4) is 0 Å². The summed E-state index contributed by atoms with van der Waals surface area (Å²) in [5.41, 5.74) is 2.30. The molecular formula is C22H33IN6O2S. The molecule has 0 aliphatic carbocycles. The van der Waals surface area contributed by atoms with Gasteiger partial charge in [0.2, 0.25) is 10.0 Å². The van der Waals surface area contributed by atoms with Crippen LogP contribution in [0, 0.1) is 0 Å². The molecule has 2 aliphatic rings. The number of guanidine groups is 1. The topological polar surface area (TPSA) is 82.8 Å². The summed E-state index contributed by atoms with van der Waals surface area (Å²) in [6, 6.07) is 7.22. The molecule has 2 fully saturated rings.